The Labute approximate surface area is 164 Å². The predicted molar refractivity (Wildman–Crippen MR) is 107 cm³/mol. The quantitative estimate of drug-likeness (QED) is 0.647. The van der Waals surface area contributed by atoms with Gasteiger partial charge < -0.3 is 24.1 Å². The molecule has 0 unspecified atom stereocenters. The van der Waals surface area contributed by atoms with Crippen LogP contribution in [0, 0.1) is 0 Å². The predicted octanol–water partition coefficient (Wildman–Crippen LogP) is 2.94. The molecular formula is C21H25N3O4. The molecule has 0 aliphatic heterocycles. The van der Waals surface area contributed by atoms with Gasteiger partial charge in [-0.05, 0) is 12.1 Å². The molecule has 1 aromatic heterocycles. The highest BCUT2D eigenvalue weighted by molar-refractivity contribution is 5.81. The lowest BCUT2D eigenvalue weighted by molar-refractivity contribution is -0.121. The smallest absolute Gasteiger partial charge is 0.240 e. The fourth-order valence-electron chi connectivity index (χ4n) is 3.21. The molecule has 0 saturated carbocycles. The van der Waals surface area contributed by atoms with Crippen molar-refractivity contribution in [1.82, 2.24) is 14.9 Å². The van der Waals surface area contributed by atoms with Crippen LogP contribution < -0.4 is 19.5 Å². The van der Waals surface area contributed by atoms with Gasteiger partial charge in [0.05, 0.1) is 44.5 Å². The number of rotatable bonds is 8. The van der Waals surface area contributed by atoms with Gasteiger partial charge in [0.25, 0.3) is 0 Å². The van der Waals surface area contributed by atoms with E-state index in [0.717, 1.165) is 28.8 Å². The molecule has 0 saturated heterocycles. The summed E-state index contributed by atoms with van der Waals surface area (Å²) in [6, 6.07) is 11.4. The van der Waals surface area contributed by atoms with E-state index in [1.165, 1.54) is 0 Å². The summed E-state index contributed by atoms with van der Waals surface area (Å²) in [5.74, 6) is 2.59. The van der Waals surface area contributed by atoms with Crippen molar-refractivity contribution in [3.63, 3.8) is 0 Å². The molecule has 148 valence electrons. The van der Waals surface area contributed by atoms with Crippen molar-refractivity contribution in [3.05, 3.63) is 47.8 Å². The van der Waals surface area contributed by atoms with Gasteiger partial charge in [0.2, 0.25) is 5.91 Å². The Hall–Kier alpha value is -3.22. The molecule has 3 aromatic rings. The molecule has 0 radical (unpaired) electrons. The average Bonchev–Trinajstić information content (AvgIpc) is 3.09. The Kier molecular flexibility index (Phi) is 6.03. The van der Waals surface area contributed by atoms with Crippen molar-refractivity contribution in [2.75, 3.05) is 21.3 Å². The fraction of sp³-hybridized carbons (Fsp3) is 0.333. The average molecular weight is 383 g/mol. The lowest BCUT2D eigenvalue weighted by atomic mass is 10.1. The normalized spacial score (nSPS) is 10.7. The van der Waals surface area contributed by atoms with Crippen molar-refractivity contribution >= 4 is 16.9 Å². The van der Waals surface area contributed by atoms with E-state index >= 15 is 0 Å². The van der Waals surface area contributed by atoms with Crippen molar-refractivity contribution in [2.45, 2.75) is 26.4 Å². The van der Waals surface area contributed by atoms with Gasteiger partial charge in [-0.25, -0.2) is 4.98 Å². The van der Waals surface area contributed by atoms with Gasteiger partial charge >= 0.3 is 0 Å². The summed E-state index contributed by atoms with van der Waals surface area (Å²) in [7, 11) is 4.73. The van der Waals surface area contributed by atoms with Gasteiger partial charge in [-0.2, -0.15) is 0 Å². The van der Waals surface area contributed by atoms with E-state index in [1.807, 2.05) is 35.8 Å². The summed E-state index contributed by atoms with van der Waals surface area (Å²) >= 11 is 0. The second-order valence-electron chi connectivity index (χ2n) is 6.24. The topological polar surface area (TPSA) is 74.6 Å². The van der Waals surface area contributed by atoms with Crippen LogP contribution in [0.15, 0.2) is 36.4 Å². The molecule has 7 nitrogen and oxygen atoms in total. The van der Waals surface area contributed by atoms with E-state index in [0.29, 0.717) is 17.2 Å². The SMILES string of the molecule is CCc1nc2ccccc2n1CC(=O)NCc1c(OC)cc(OC)cc1OC. The molecule has 7 heteroatoms. The summed E-state index contributed by atoms with van der Waals surface area (Å²) in [6.07, 6.45) is 0.752. The van der Waals surface area contributed by atoms with Crippen LogP contribution in [0.4, 0.5) is 0 Å². The standard InChI is InChI=1S/C21H25N3O4/c1-5-20-23-16-8-6-7-9-17(16)24(20)13-21(25)22-12-15-18(27-3)10-14(26-2)11-19(15)28-4/h6-11H,5,12-13H2,1-4H3,(H,22,25). The molecule has 0 spiro atoms. The van der Waals surface area contributed by atoms with Crippen molar-refractivity contribution in [1.29, 1.82) is 0 Å². The number of carbonyl (C=O) groups excluding carboxylic acids is 1. The van der Waals surface area contributed by atoms with Gasteiger partial charge in [-0.1, -0.05) is 19.1 Å². The van der Waals surface area contributed by atoms with E-state index in [9.17, 15) is 4.79 Å². The Morgan fingerprint density at radius 3 is 2.36 bits per heavy atom. The van der Waals surface area contributed by atoms with Gasteiger partial charge in [0.1, 0.15) is 29.6 Å². The van der Waals surface area contributed by atoms with Crippen LogP contribution in [0.2, 0.25) is 0 Å². The largest absolute Gasteiger partial charge is 0.496 e. The number of aromatic nitrogens is 2. The zero-order chi connectivity index (χ0) is 20.1. The first-order chi connectivity index (χ1) is 13.6. The van der Waals surface area contributed by atoms with E-state index < -0.39 is 0 Å². The second-order valence-corrected chi connectivity index (χ2v) is 6.24. The number of aryl methyl sites for hydroxylation is 1. The number of imidazole rings is 1. The molecule has 3 rings (SSSR count). The van der Waals surface area contributed by atoms with Gasteiger partial charge in [-0.3, -0.25) is 4.79 Å². The first-order valence-corrected chi connectivity index (χ1v) is 9.11. The van der Waals surface area contributed by atoms with Crippen LogP contribution in [-0.4, -0.2) is 36.8 Å². The third kappa shape index (κ3) is 3.88. The molecule has 1 heterocycles. The van der Waals surface area contributed by atoms with Crippen molar-refractivity contribution in [3.8, 4) is 17.2 Å². The fourth-order valence-corrected chi connectivity index (χ4v) is 3.21. The minimum Gasteiger partial charge on any atom is -0.496 e. The molecule has 0 fully saturated rings. The molecule has 0 bridgehead atoms. The molecular weight excluding hydrogens is 358 g/mol. The van der Waals surface area contributed by atoms with Crippen LogP contribution in [-0.2, 0) is 24.3 Å². The van der Waals surface area contributed by atoms with E-state index in [-0.39, 0.29) is 19.0 Å². The number of para-hydroxylation sites is 2. The summed E-state index contributed by atoms with van der Waals surface area (Å²) in [6.45, 7) is 2.51. The lowest BCUT2D eigenvalue weighted by Crippen LogP contribution is -2.28. The molecule has 28 heavy (non-hydrogen) atoms. The number of benzene rings is 2. The Bertz CT molecular complexity index is 956. The highest BCUT2D eigenvalue weighted by atomic mass is 16.5. The maximum Gasteiger partial charge on any atom is 0.240 e. The molecule has 1 amide bonds. The van der Waals surface area contributed by atoms with Crippen LogP contribution in [0.1, 0.15) is 18.3 Å². The van der Waals surface area contributed by atoms with Crippen LogP contribution in [0.25, 0.3) is 11.0 Å². The number of nitrogens with one attached hydrogen (secondary N) is 1. The summed E-state index contributed by atoms with van der Waals surface area (Å²) in [4.78, 5) is 17.3. The molecule has 0 aliphatic rings. The highest BCUT2D eigenvalue weighted by Crippen LogP contribution is 2.33. The first-order valence-electron chi connectivity index (χ1n) is 9.11. The number of nitrogens with zero attached hydrogens (tertiary/aromatic N) is 2. The third-order valence-electron chi connectivity index (χ3n) is 4.63. The summed E-state index contributed by atoms with van der Waals surface area (Å²) < 4.78 is 18.1. The van der Waals surface area contributed by atoms with Crippen LogP contribution >= 0.6 is 0 Å². The minimum absolute atomic E-state index is 0.113. The second kappa shape index (κ2) is 8.65. The van der Waals surface area contributed by atoms with E-state index in [2.05, 4.69) is 10.3 Å². The number of ether oxygens (including phenoxy) is 3. The third-order valence-corrected chi connectivity index (χ3v) is 4.63. The molecule has 0 aliphatic carbocycles. The Balaban J connectivity index is 1.79. The van der Waals surface area contributed by atoms with Crippen LogP contribution in [0.3, 0.4) is 0 Å². The zero-order valence-electron chi connectivity index (χ0n) is 16.6. The van der Waals surface area contributed by atoms with E-state index in [1.54, 1.807) is 33.5 Å². The number of amides is 1. The lowest BCUT2D eigenvalue weighted by Gasteiger charge is -2.16. The van der Waals surface area contributed by atoms with E-state index in [4.69, 9.17) is 14.2 Å². The molecule has 1 N–H and O–H groups in total. The maximum absolute atomic E-state index is 12.7. The van der Waals surface area contributed by atoms with Gasteiger partial charge in [0, 0.05) is 18.6 Å². The highest BCUT2D eigenvalue weighted by Gasteiger charge is 2.16. The van der Waals surface area contributed by atoms with Gasteiger partial charge in [0.15, 0.2) is 0 Å². The number of carbonyl (C=O) groups is 1. The number of fused-ring (bicyclic) bond motifs is 1. The Morgan fingerprint density at radius 2 is 1.75 bits per heavy atom. The Morgan fingerprint density at radius 1 is 1.07 bits per heavy atom. The summed E-state index contributed by atoms with van der Waals surface area (Å²) in [5, 5.41) is 2.95. The minimum atomic E-state index is -0.113. The van der Waals surface area contributed by atoms with Crippen molar-refractivity contribution < 1.29 is 19.0 Å². The molecule has 0 atom stereocenters. The molecule has 2 aromatic carbocycles. The van der Waals surface area contributed by atoms with Crippen molar-refractivity contribution in [2.24, 2.45) is 0 Å². The number of methoxy groups -OCH3 is 3. The van der Waals surface area contributed by atoms with Gasteiger partial charge in [-0.15, -0.1) is 0 Å². The maximum atomic E-state index is 12.7. The zero-order valence-corrected chi connectivity index (χ0v) is 16.6. The monoisotopic (exact) mass is 383 g/mol. The first kappa shape index (κ1) is 19.5. The van der Waals surface area contributed by atoms with Crippen LogP contribution in [0.5, 0.6) is 17.2 Å². The summed E-state index contributed by atoms with van der Waals surface area (Å²) in [5.41, 5.74) is 2.60. The number of hydrogen-bond donors (Lipinski definition) is 1. The number of hydrogen-bond acceptors (Lipinski definition) is 5.